The van der Waals surface area contributed by atoms with Crippen molar-refractivity contribution in [3.63, 3.8) is 0 Å². The highest BCUT2D eigenvalue weighted by atomic mass is 19.4. The van der Waals surface area contributed by atoms with E-state index in [1.54, 1.807) is 0 Å². The summed E-state index contributed by atoms with van der Waals surface area (Å²) in [6.45, 7) is 0.933. The summed E-state index contributed by atoms with van der Waals surface area (Å²) in [5.41, 5.74) is 1.03. The van der Waals surface area contributed by atoms with E-state index >= 15 is 0 Å². The van der Waals surface area contributed by atoms with Gasteiger partial charge in [0.25, 0.3) is 0 Å². The molecule has 2 N–H and O–H groups in total. The third-order valence-corrected chi connectivity index (χ3v) is 5.52. The van der Waals surface area contributed by atoms with E-state index in [-0.39, 0.29) is 6.04 Å². The van der Waals surface area contributed by atoms with Crippen molar-refractivity contribution in [2.75, 3.05) is 13.7 Å². The first-order chi connectivity index (χ1) is 14.0. The van der Waals surface area contributed by atoms with Gasteiger partial charge in [-0.2, -0.15) is 13.2 Å². The number of ether oxygens (including phenoxy) is 1. The molecule has 1 fully saturated rings. The molecule has 0 amide bonds. The SMILES string of the molecule is COc1ccc(C(F)(F)F)cc1CNCC(NC1CCCCC1)c1ccccc1. The summed E-state index contributed by atoms with van der Waals surface area (Å²) in [6.07, 6.45) is 1.76. The summed E-state index contributed by atoms with van der Waals surface area (Å²) in [6, 6.07) is 14.4. The van der Waals surface area contributed by atoms with Crippen LogP contribution < -0.4 is 15.4 Å². The second-order valence-corrected chi connectivity index (χ2v) is 7.62. The average Bonchev–Trinajstić information content (AvgIpc) is 2.73. The van der Waals surface area contributed by atoms with Crippen LogP contribution in [0.3, 0.4) is 0 Å². The van der Waals surface area contributed by atoms with Gasteiger partial charge in [-0.15, -0.1) is 0 Å². The maximum atomic E-state index is 13.1. The molecule has 0 bridgehead atoms. The quantitative estimate of drug-likeness (QED) is 0.610. The number of hydrogen-bond acceptors (Lipinski definition) is 3. The van der Waals surface area contributed by atoms with Gasteiger partial charge in [-0.05, 0) is 36.6 Å². The molecule has 158 valence electrons. The van der Waals surface area contributed by atoms with E-state index in [1.165, 1.54) is 50.8 Å². The summed E-state index contributed by atoms with van der Waals surface area (Å²) in [7, 11) is 1.48. The minimum absolute atomic E-state index is 0.107. The Morgan fingerprint density at radius 2 is 1.76 bits per heavy atom. The van der Waals surface area contributed by atoms with E-state index in [0.717, 1.165) is 12.1 Å². The molecule has 1 atom stereocenters. The largest absolute Gasteiger partial charge is 0.496 e. The summed E-state index contributed by atoms with van der Waals surface area (Å²) < 4.78 is 44.4. The van der Waals surface area contributed by atoms with Gasteiger partial charge in [0.15, 0.2) is 0 Å². The summed E-state index contributed by atoms with van der Waals surface area (Å²) in [4.78, 5) is 0. The molecule has 0 aliphatic heterocycles. The van der Waals surface area contributed by atoms with Gasteiger partial charge < -0.3 is 15.4 Å². The zero-order valence-corrected chi connectivity index (χ0v) is 16.8. The van der Waals surface area contributed by atoms with Crippen molar-refractivity contribution < 1.29 is 17.9 Å². The van der Waals surface area contributed by atoms with E-state index < -0.39 is 11.7 Å². The van der Waals surface area contributed by atoms with E-state index in [9.17, 15) is 13.2 Å². The second kappa shape index (κ2) is 10.1. The van der Waals surface area contributed by atoms with E-state index in [0.29, 0.717) is 30.4 Å². The lowest BCUT2D eigenvalue weighted by molar-refractivity contribution is -0.137. The van der Waals surface area contributed by atoms with Crippen LogP contribution in [0.15, 0.2) is 48.5 Å². The Labute approximate surface area is 170 Å². The van der Waals surface area contributed by atoms with Crippen molar-refractivity contribution in [1.82, 2.24) is 10.6 Å². The molecular weight excluding hydrogens is 377 g/mol. The standard InChI is InChI=1S/C23H29F3N2O/c1-29-22-13-12-19(23(24,25)26)14-18(22)15-27-16-21(17-8-4-2-5-9-17)28-20-10-6-3-7-11-20/h2,4-5,8-9,12-14,20-21,27-28H,3,6-7,10-11,15-16H2,1H3. The molecule has 2 aromatic carbocycles. The lowest BCUT2D eigenvalue weighted by Crippen LogP contribution is -2.39. The lowest BCUT2D eigenvalue weighted by atomic mass is 9.94. The van der Waals surface area contributed by atoms with Crippen molar-refractivity contribution in [2.24, 2.45) is 0 Å². The topological polar surface area (TPSA) is 33.3 Å². The molecule has 3 nitrogen and oxygen atoms in total. The van der Waals surface area contributed by atoms with Gasteiger partial charge in [0, 0.05) is 30.7 Å². The number of alkyl halides is 3. The monoisotopic (exact) mass is 406 g/mol. The van der Waals surface area contributed by atoms with Crippen LogP contribution in [-0.4, -0.2) is 19.7 Å². The number of hydrogen-bond donors (Lipinski definition) is 2. The molecule has 6 heteroatoms. The summed E-state index contributed by atoms with van der Waals surface area (Å²) in [5, 5.41) is 7.08. The van der Waals surface area contributed by atoms with E-state index in [1.807, 2.05) is 18.2 Å². The van der Waals surface area contributed by atoms with Gasteiger partial charge in [0.2, 0.25) is 0 Å². The Balaban J connectivity index is 1.68. The molecular formula is C23H29F3N2O. The molecule has 2 aromatic rings. The van der Waals surface area contributed by atoms with Gasteiger partial charge in [0.1, 0.15) is 5.75 Å². The number of rotatable bonds is 8. The van der Waals surface area contributed by atoms with E-state index in [2.05, 4.69) is 22.8 Å². The molecule has 0 radical (unpaired) electrons. The van der Waals surface area contributed by atoms with Crippen molar-refractivity contribution in [3.05, 3.63) is 65.2 Å². The highest BCUT2D eigenvalue weighted by Crippen LogP contribution is 2.32. The Kier molecular flexibility index (Phi) is 7.56. The van der Waals surface area contributed by atoms with E-state index in [4.69, 9.17) is 4.74 Å². The van der Waals surface area contributed by atoms with Crippen molar-refractivity contribution in [1.29, 1.82) is 0 Å². The maximum absolute atomic E-state index is 13.1. The van der Waals surface area contributed by atoms with Crippen LogP contribution in [0.2, 0.25) is 0 Å². The number of halogens is 3. The predicted molar refractivity (Wildman–Crippen MR) is 109 cm³/mol. The number of nitrogens with one attached hydrogen (secondary N) is 2. The Hall–Kier alpha value is -2.05. The van der Waals surface area contributed by atoms with Gasteiger partial charge in [-0.1, -0.05) is 49.6 Å². The van der Waals surface area contributed by atoms with Crippen LogP contribution in [0.1, 0.15) is 54.8 Å². The predicted octanol–water partition coefficient (Wildman–Crippen LogP) is 5.47. The highest BCUT2D eigenvalue weighted by Gasteiger charge is 2.31. The summed E-state index contributed by atoms with van der Waals surface area (Å²) >= 11 is 0. The lowest BCUT2D eigenvalue weighted by Gasteiger charge is -2.29. The Morgan fingerprint density at radius 1 is 1.03 bits per heavy atom. The maximum Gasteiger partial charge on any atom is 0.416 e. The molecule has 0 heterocycles. The first-order valence-electron chi connectivity index (χ1n) is 10.2. The first-order valence-corrected chi connectivity index (χ1v) is 10.2. The molecule has 0 aromatic heterocycles. The average molecular weight is 406 g/mol. The highest BCUT2D eigenvalue weighted by molar-refractivity contribution is 5.38. The Bertz CT molecular complexity index is 758. The van der Waals surface area contributed by atoms with Gasteiger partial charge in [0.05, 0.1) is 12.7 Å². The van der Waals surface area contributed by atoms with Crippen LogP contribution in [0.5, 0.6) is 5.75 Å². The van der Waals surface area contributed by atoms with Crippen LogP contribution in [0, 0.1) is 0 Å². The molecule has 0 spiro atoms. The normalized spacial score (nSPS) is 16.6. The zero-order chi connectivity index (χ0) is 20.7. The first kappa shape index (κ1) is 21.7. The second-order valence-electron chi connectivity index (χ2n) is 7.62. The molecule has 1 aliphatic rings. The third kappa shape index (κ3) is 6.21. The zero-order valence-electron chi connectivity index (χ0n) is 16.8. The van der Waals surface area contributed by atoms with Crippen molar-refractivity contribution >= 4 is 0 Å². The van der Waals surface area contributed by atoms with Gasteiger partial charge in [-0.3, -0.25) is 0 Å². The number of benzene rings is 2. The molecule has 29 heavy (non-hydrogen) atoms. The fourth-order valence-corrected chi connectivity index (χ4v) is 3.96. The smallest absolute Gasteiger partial charge is 0.416 e. The molecule has 0 saturated heterocycles. The molecule has 1 unspecified atom stereocenters. The molecule has 3 rings (SSSR count). The molecule has 1 aliphatic carbocycles. The van der Waals surface area contributed by atoms with Crippen LogP contribution in [0.25, 0.3) is 0 Å². The Morgan fingerprint density at radius 3 is 2.41 bits per heavy atom. The van der Waals surface area contributed by atoms with Gasteiger partial charge in [-0.25, -0.2) is 0 Å². The third-order valence-electron chi connectivity index (χ3n) is 5.52. The minimum Gasteiger partial charge on any atom is -0.496 e. The van der Waals surface area contributed by atoms with Crippen LogP contribution >= 0.6 is 0 Å². The van der Waals surface area contributed by atoms with Crippen molar-refractivity contribution in [3.8, 4) is 5.75 Å². The molecule has 1 saturated carbocycles. The minimum atomic E-state index is -4.36. The van der Waals surface area contributed by atoms with Crippen LogP contribution in [0.4, 0.5) is 13.2 Å². The van der Waals surface area contributed by atoms with Crippen molar-refractivity contribution in [2.45, 2.75) is 56.9 Å². The summed E-state index contributed by atoms with van der Waals surface area (Å²) in [5.74, 6) is 0.460. The number of methoxy groups -OCH3 is 1. The fraction of sp³-hybridized carbons (Fsp3) is 0.478. The van der Waals surface area contributed by atoms with Gasteiger partial charge >= 0.3 is 6.18 Å². The fourth-order valence-electron chi connectivity index (χ4n) is 3.96. The van der Waals surface area contributed by atoms with Crippen LogP contribution in [-0.2, 0) is 12.7 Å².